The van der Waals surface area contributed by atoms with Crippen LogP contribution >= 0.6 is 11.8 Å². The monoisotopic (exact) mass is 354 g/mol. The van der Waals surface area contributed by atoms with Crippen molar-refractivity contribution in [1.29, 1.82) is 0 Å². The number of hydrogen-bond donors (Lipinski definition) is 1. The SMILES string of the molecule is Cc1cccc(N2C(=O)CC(SCC(=O)Nc3ccccc3)C2=O)c1. The first-order valence-corrected chi connectivity index (χ1v) is 8.99. The first-order chi connectivity index (χ1) is 12.0. The molecule has 0 radical (unpaired) electrons. The van der Waals surface area contributed by atoms with Gasteiger partial charge in [-0.1, -0.05) is 30.3 Å². The van der Waals surface area contributed by atoms with Gasteiger partial charge in [0.15, 0.2) is 0 Å². The van der Waals surface area contributed by atoms with E-state index in [1.54, 1.807) is 18.2 Å². The molecule has 1 aliphatic heterocycles. The van der Waals surface area contributed by atoms with Crippen molar-refractivity contribution in [2.24, 2.45) is 0 Å². The summed E-state index contributed by atoms with van der Waals surface area (Å²) in [6.45, 7) is 1.91. The molecule has 1 aliphatic rings. The van der Waals surface area contributed by atoms with Crippen molar-refractivity contribution in [2.45, 2.75) is 18.6 Å². The third kappa shape index (κ3) is 4.09. The van der Waals surface area contributed by atoms with Gasteiger partial charge in [-0.3, -0.25) is 14.4 Å². The number of amides is 3. The largest absolute Gasteiger partial charge is 0.325 e. The zero-order chi connectivity index (χ0) is 17.8. The molecule has 3 amide bonds. The number of para-hydroxylation sites is 1. The number of aryl methyl sites for hydroxylation is 1. The highest BCUT2D eigenvalue weighted by molar-refractivity contribution is 8.01. The van der Waals surface area contributed by atoms with Gasteiger partial charge in [-0.05, 0) is 36.8 Å². The Morgan fingerprint density at radius 3 is 2.64 bits per heavy atom. The van der Waals surface area contributed by atoms with Gasteiger partial charge in [0, 0.05) is 12.1 Å². The summed E-state index contributed by atoms with van der Waals surface area (Å²) >= 11 is 1.20. The third-order valence-electron chi connectivity index (χ3n) is 3.84. The molecule has 25 heavy (non-hydrogen) atoms. The summed E-state index contributed by atoms with van der Waals surface area (Å²) in [6.07, 6.45) is 0.121. The maximum Gasteiger partial charge on any atom is 0.247 e. The number of hydrogen-bond acceptors (Lipinski definition) is 4. The van der Waals surface area contributed by atoms with Gasteiger partial charge in [-0.15, -0.1) is 11.8 Å². The average molecular weight is 354 g/mol. The maximum atomic E-state index is 12.6. The van der Waals surface area contributed by atoms with Crippen LogP contribution in [0, 0.1) is 6.92 Å². The molecule has 5 nitrogen and oxygen atoms in total. The summed E-state index contributed by atoms with van der Waals surface area (Å²) in [6, 6.07) is 16.4. The first kappa shape index (κ1) is 17.2. The molecular weight excluding hydrogens is 336 g/mol. The topological polar surface area (TPSA) is 66.5 Å². The molecule has 1 unspecified atom stereocenters. The number of carbonyl (C=O) groups excluding carboxylic acids is 3. The quantitative estimate of drug-likeness (QED) is 0.838. The summed E-state index contributed by atoms with van der Waals surface area (Å²) in [4.78, 5) is 38.0. The van der Waals surface area contributed by atoms with E-state index in [9.17, 15) is 14.4 Å². The van der Waals surface area contributed by atoms with Crippen molar-refractivity contribution < 1.29 is 14.4 Å². The molecule has 0 aliphatic carbocycles. The smallest absolute Gasteiger partial charge is 0.247 e. The predicted octanol–water partition coefficient (Wildman–Crippen LogP) is 3.00. The lowest BCUT2D eigenvalue weighted by Crippen LogP contribution is -2.31. The highest BCUT2D eigenvalue weighted by atomic mass is 32.2. The summed E-state index contributed by atoms with van der Waals surface area (Å²) < 4.78 is 0. The second-order valence-electron chi connectivity index (χ2n) is 5.82. The number of nitrogens with one attached hydrogen (secondary N) is 1. The van der Waals surface area contributed by atoms with Gasteiger partial charge in [-0.25, -0.2) is 4.90 Å². The zero-order valence-electron chi connectivity index (χ0n) is 13.8. The van der Waals surface area contributed by atoms with E-state index in [-0.39, 0.29) is 29.9 Å². The molecule has 3 rings (SSSR count). The van der Waals surface area contributed by atoms with Gasteiger partial charge in [0.2, 0.25) is 17.7 Å². The lowest BCUT2D eigenvalue weighted by Gasteiger charge is -2.15. The average Bonchev–Trinajstić information content (AvgIpc) is 2.88. The standard InChI is InChI=1S/C19H18N2O3S/c1-13-6-5-9-15(10-13)21-18(23)11-16(19(21)24)25-12-17(22)20-14-7-3-2-4-8-14/h2-10,16H,11-12H2,1H3,(H,20,22). The number of thioether (sulfide) groups is 1. The van der Waals surface area contributed by atoms with E-state index in [1.807, 2.05) is 43.3 Å². The van der Waals surface area contributed by atoms with Gasteiger partial charge in [0.05, 0.1) is 16.7 Å². The fourth-order valence-corrected chi connectivity index (χ4v) is 3.60. The van der Waals surface area contributed by atoms with Gasteiger partial charge in [0.25, 0.3) is 0 Å². The van der Waals surface area contributed by atoms with Crippen LogP contribution in [0.3, 0.4) is 0 Å². The lowest BCUT2D eigenvalue weighted by atomic mass is 10.2. The van der Waals surface area contributed by atoms with Crippen LogP contribution in [0.4, 0.5) is 11.4 Å². The Bertz CT molecular complexity index is 807. The van der Waals surface area contributed by atoms with Crippen molar-refractivity contribution in [2.75, 3.05) is 16.0 Å². The van der Waals surface area contributed by atoms with Crippen LogP contribution in [-0.2, 0) is 14.4 Å². The van der Waals surface area contributed by atoms with Crippen LogP contribution in [0.1, 0.15) is 12.0 Å². The van der Waals surface area contributed by atoms with Gasteiger partial charge in [-0.2, -0.15) is 0 Å². The fourth-order valence-electron chi connectivity index (χ4n) is 2.67. The Morgan fingerprint density at radius 1 is 1.16 bits per heavy atom. The molecule has 128 valence electrons. The van der Waals surface area contributed by atoms with Gasteiger partial charge < -0.3 is 5.32 Å². The van der Waals surface area contributed by atoms with E-state index in [0.717, 1.165) is 5.56 Å². The van der Waals surface area contributed by atoms with Crippen LogP contribution in [0.2, 0.25) is 0 Å². The minimum atomic E-state index is -0.519. The van der Waals surface area contributed by atoms with Crippen LogP contribution in [0.15, 0.2) is 54.6 Å². The number of benzene rings is 2. The zero-order valence-corrected chi connectivity index (χ0v) is 14.6. The molecule has 2 aromatic carbocycles. The summed E-state index contributed by atoms with van der Waals surface area (Å²) in [5.41, 5.74) is 2.28. The molecule has 1 fully saturated rings. The minimum absolute atomic E-state index is 0.121. The molecule has 0 bridgehead atoms. The molecule has 0 spiro atoms. The van der Waals surface area contributed by atoms with E-state index in [4.69, 9.17) is 0 Å². The third-order valence-corrected chi connectivity index (χ3v) is 5.04. The number of imide groups is 1. The Hall–Kier alpha value is -2.60. The molecule has 0 aromatic heterocycles. The van der Waals surface area contributed by atoms with Crippen molar-refractivity contribution >= 4 is 40.9 Å². The van der Waals surface area contributed by atoms with E-state index < -0.39 is 5.25 Å². The summed E-state index contributed by atoms with van der Waals surface area (Å²) in [5.74, 6) is -0.546. The molecular formula is C19H18N2O3S. The normalized spacial score (nSPS) is 17.0. The van der Waals surface area contributed by atoms with E-state index >= 15 is 0 Å². The summed E-state index contributed by atoms with van der Waals surface area (Å²) in [5, 5.41) is 2.25. The molecule has 1 atom stereocenters. The minimum Gasteiger partial charge on any atom is -0.325 e. The highest BCUT2D eigenvalue weighted by Gasteiger charge is 2.40. The second-order valence-corrected chi connectivity index (χ2v) is 7.02. The molecule has 2 aromatic rings. The van der Waals surface area contributed by atoms with E-state index in [2.05, 4.69) is 5.32 Å². The Kier molecular flexibility index (Phi) is 5.19. The van der Waals surface area contributed by atoms with Gasteiger partial charge in [0.1, 0.15) is 0 Å². The Morgan fingerprint density at radius 2 is 1.92 bits per heavy atom. The molecule has 1 N–H and O–H groups in total. The van der Waals surface area contributed by atoms with Gasteiger partial charge >= 0.3 is 0 Å². The van der Waals surface area contributed by atoms with Crippen molar-refractivity contribution in [3.8, 4) is 0 Å². The maximum absolute atomic E-state index is 12.6. The first-order valence-electron chi connectivity index (χ1n) is 7.94. The molecule has 0 saturated carbocycles. The summed E-state index contributed by atoms with van der Waals surface area (Å²) in [7, 11) is 0. The van der Waals surface area contributed by atoms with E-state index in [1.165, 1.54) is 16.7 Å². The van der Waals surface area contributed by atoms with Crippen molar-refractivity contribution in [3.05, 3.63) is 60.2 Å². The van der Waals surface area contributed by atoms with Crippen LogP contribution in [-0.4, -0.2) is 28.7 Å². The van der Waals surface area contributed by atoms with Crippen LogP contribution in [0.5, 0.6) is 0 Å². The lowest BCUT2D eigenvalue weighted by molar-refractivity contribution is -0.121. The molecule has 6 heteroatoms. The number of anilines is 2. The fraction of sp³-hybridized carbons (Fsp3) is 0.211. The number of rotatable bonds is 5. The Balaban J connectivity index is 1.60. The molecule has 1 heterocycles. The number of nitrogens with zero attached hydrogens (tertiary/aromatic N) is 1. The van der Waals surface area contributed by atoms with Crippen LogP contribution < -0.4 is 10.2 Å². The number of carbonyl (C=O) groups is 3. The van der Waals surface area contributed by atoms with Crippen LogP contribution in [0.25, 0.3) is 0 Å². The predicted molar refractivity (Wildman–Crippen MR) is 99.6 cm³/mol. The molecule has 1 saturated heterocycles. The van der Waals surface area contributed by atoms with E-state index in [0.29, 0.717) is 11.4 Å². The second kappa shape index (κ2) is 7.53. The van der Waals surface area contributed by atoms with Crippen molar-refractivity contribution in [3.63, 3.8) is 0 Å². The van der Waals surface area contributed by atoms with Crippen molar-refractivity contribution in [1.82, 2.24) is 0 Å². The Labute approximate surface area is 150 Å². The highest BCUT2D eigenvalue weighted by Crippen LogP contribution is 2.30.